The third-order valence-electron chi connectivity index (χ3n) is 4.45. The molecule has 1 saturated heterocycles. The molecular weight excluding hydrogens is 448 g/mol. The predicted octanol–water partition coefficient (Wildman–Crippen LogP) is 0.0538. The van der Waals surface area contributed by atoms with E-state index >= 15 is 0 Å². The molecule has 184 valence electrons. The molecule has 1 aromatic rings. The minimum absolute atomic E-state index is 0.00736. The minimum atomic E-state index is -0.908. The highest BCUT2D eigenvalue weighted by Crippen LogP contribution is 2.21. The second kappa shape index (κ2) is 11.8. The molecule has 1 aliphatic rings. The van der Waals surface area contributed by atoms with Gasteiger partial charge in [0.25, 0.3) is 11.8 Å². The zero-order chi connectivity index (χ0) is 25.3. The van der Waals surface area contributed by atoms with Crippen molar-refractivity contribution in [1.29, 1.82) is 0 Å². The average molecular weight is 476 g/mol. The molecule has 1 atom stereocenters. The summed E-state index contributed by atoms with van der Waals surface area (Å²) in [7, 11) is 0. The highest BCUT2D eigenvalue weighted by molar-refractivity contribution is 6.06. The van der Waals surface area contributed by atoms with E-state index in [4.69, 9.17) is 9.47 Å². The van der Waals surface area contributed by atoms with Crippen LogP contribution < -0.4 is 26.0 Å². The van der Waals surface area contributed by atoms with Crippen LogP contribution in [0.3, 0.4) is 0 Å². The molecule has 0 aromatic heterocycles. The van der Waals surface area contributed by atoms with Crippen molar-refractivity contribution in [2.24, 2.45) is 0 Å². The van der Waals surface area contributed by atoms with Gasteiger partial charge in [-0.25, -0.2) is 4.79 Å². The van der Waals surface area contributed by atoms with E-state index in [2.05, 4.69) is 21.3 Å². The fourth-order valence-electron chi connectivity index (χ4n) is 2.93. The zero-order valence-corrected chi connectivity index (χ0v) is 19.2. The molecule has 1 aromatic carbocycles. The highest BCUT2D eigenvalue weighted by atomic mass is 16.6. The van der Waals surface area contributed by atoms with Crippen molar-refractivity contribution >= 4 is 36.0 Å². The topological polar surface area (TPSA) is 169 Å². The quantitative estimate of drug-likeness (QED) is 0.220. The van der Waals surface area contributed by atoms with Crippen molar-refractivity contribution in [2.45, 2.75) is 45.3 Å². The molecule has 0 bridgehead atoms. The standard InChI is InChI=1S/C22H28N4O8/c1-22(2,3)34-21(32)24-10-9-23-18(29)12-33-16-6-4-5-13(14(16)11-27)19(30)25-15-7-8-17(28)26-20(15)31/h4-6,11,15H,7-10,12H2,1-3H3,(H,23,29)(H,24,32)(H,25,30)(H,26,28,31). The van der Waals surface area contributed by atoms with Crippen molar-refractivity contribution in [1.82, 2.24) is 21.3 Å². The number of piperidine rings is 1. The van der Waals surface area contributed by atoms with Crippen molar-refractivity contribution in [3.8, 4) is 5.75 Å². The molecule has 34 heavy (non-hydrogen) atoms. The summed E-state index contributed by atoms with van der Waals surface area (Å²) in [6, 6.07) is 3.35. The van der Waals surface area contributed by atoms with Crippen LogP contribution >= 0.6 is 0 Å². The SMILES string of the molecule is CC(C)(C)OC(=O)NCCNC(=O)COc1cccc(C(=O)NC2CCC(=O)NC2=O)c1C=O. The molecule has 12 heteroatoms. The summed E-state index contributed by atoms with van der Waals surface area (Å²) in [6.07, 6.45) is 0.0348. The number of hydrogen-bond donors (Lipinski definition) is 4. The van der Waals surface area contributed by atoms with Crippen LogP contribution in [0, 0.1) is 0 Å². The average Bonchev–Trinajstić information content (AvgIpc) is 2.75. The predicted molar refractivity (Wildman–Crippen MR) is 118 cm³/mol. The Labute approximate surface area is 196 Å². The Kier molecular flexibility index (Phi) is 9.10. The first-order chi connectivity index (χ1) is 16.0. The van der Waals surface area contributed by atoms with E-state index in [1.54, 1.807) is 20.8 Å². The summed E-state index contributed by atoms with van der Waals surface area (Å²) in [6.45, 7) is 5.00. The fourth-order valence-corrected chi connectivity index (χ4v) is 2.93. The maximum Gasteiger partial charge on any atom is 0.407 e. The molecule has 1 heterocycles. The van der Waals surface area contributed by atoms with Crippen LogP contribution in [-0.2, 0) is 19.1 Å². The fraction of sp³-hybridized carbons (Fsp3) is 0.455. The number of imide groups is 1. The van der Waals surface area contributed by atoms with E-state index in [0.717, 1.165) is 0 Å². The lowest BCUT2D eigenvalue weighted by molar-refractivity contribution is -0.134. The van der Waals surface area contributed by atoms with Gasteiger partial charge in [0.05, 0.1) is 11.1 Å². The van der Waals surface area contributed by atoms with Gasteiger partial charge < -0.3 is 25.4 Å². The van der Waals surface area contributed by atoms with Gasteiger partial charge in [0, 0.05) is 19.5 Å². The highest BCUT2D eigenvalue weighted by Gasteiger charge is 2.29. The van der Waals surface area contributed by atoms with Gasteiger partial charge in [0.15, 0.2) is 12.9 Å². The summed E-state index contributed by atoms with van der Waals surface area (Å²) >= 11 is 0. The van der Waals surface area contributed by atoms with E-state index in [1.165, 1.54) is 18.2 Å². The number of nitrogens with one attached hydrogen (secondary N) is 4. The van der Waals surface area contributed by atoms with Crippen LogP contribution in [0.15, 0.2) is 18.2 Å². The second-order valence-electron chi connectivity index (χ2n) is 8.38. The van der Waals surface area contributed by atoms with Crippen LogP contribution in [0.5, 0.6) is 5.75 Å². The molecule has 1 unspecified atom stereocenters. The molecule has 0 saturated carbocycles. The molecule has 0 aliphatic carbocycles. The molecule has 12 nitrogen and oxygen atoms in total. The molecule has 1 aliphatic heterocycles. The lowest BCUT2D eigenvalue weighted by Crippen LogP contribution is -2.52. The summed E-state index contributed by atoms with van der Waals surface area (Å²) in [5.41, 5.74) is -0.768. The Morgan fingerprint density at radius 3 is 2.50 bits per heavy atom. The van der Waals surface area contributed by atoms with E-state index < -0.39 is 48.0 Å². The van der Waals surface area contributed by atoms with Crippen LogP contribution in [-0.4, -0.2) is 67.3 Å². The smallest absolute Gasteiger partial charge is 0.407 e. The van der Waals surface area contributed by atoms with Crippen LogP contribution in [0.1, 0.15) is 54.3 Å². The van der Waals surface area contributed by atoms with Crippen molar-refractivity contribution in [3.05, 3.63) is 29.3 Å². The number of hydrogen-bond acceptors (Lipinski definition) is 8. The van der Waals surface area contributed by atoms with Gasteiger partial charge in [-0.3, -0.25) is 29.3 Å². The molecule has 1 fully saturated rings. The van der Waals surface area contributed by atoms with E-state index in [-0.39, 0.29) is 42.8 Å². The molecule has 0 spiro atoms. The number of rotatable bonds is 9. The maximum absolute atomic E-state index is 12.6. The van der Waals surface area contributed by atoms with Gasteiger partial charge in [-0.05, 0) is 39.3 Å². The third-order valence-corrected chi connectivity index (χ3v) is 4.45. The van der Waals surface area contributed by atoms with Crippen LogP contribution in [0.2, 0.25) is 0 Å². The first-order valence-electron chi connectivity index (χ1n) is 10.6. The van der Waals surface area contributed by atoms with Gasteiger partial charge in [-0.1, -0.05) is 6.07 Å². The molecular formula is C22H28N4O8. The Balaban J connectivity index is 1.87. The summed E-state index contributed by atoms with van der Waals surface area (Å²) in [5.74, 6) is -2.24. The zero-order valence-electron chi connectivity index (χ0n) is 19.2. The number of carbonyl (C=O) groups is 6. The minimum Gasteiger partial charge on any atom is -0.483 e. The first kappa shape index (κ1) is 26.3. The first-order valence-corrected chi connectivity index (χ1v) is 10.6. The monoisotopic (exact) mass is 476 g/mol. The van der Waals surface area contributed by atoms with Crippen LogP contribution in [0.4, 0.5) is 4.79 Å². The number of amides is 5. The molecule has 5 amide bonds. The summed E-state index contributed by atoms with van der Waals surface area (Å²) < 4.78 is 10.5. The maximum atomic E-state index is 12.6. The second-order valence-corrected chi connectivity index (χ2v) is 8.38. The van der Waals surface area contributed by atoms with Crippen molar-refractivity contribution in [2.75, 3.05) is 19.7 Å². The van der Waals surface area contributed by atoms with Gasteiger partial charge in [-0.15, -0.1) is 0 Å². The number of alkyl carbamates (subject to hydrolysis) is 1. The number of benzene rings is 1. The Hall–Kier alpha value is -3.96. The lowest BCUT2D eigenvalue weighted by atomic mass is 10.0. The van der Waals surface area contributed by atoms with E-state index in [1.807, 2.05) is 0 Å². The Morgan fingerprint density at radius 2 is 1.85 bits per heavy atom. The van der Waals surface area contributed by atoms with Gasteiger partial charge >= 0.3 is 6.09 Å². The third kappa shape index (κ3) is 8.19. The Bertz CT molecular complexity index is 970. The normalized spacial score (nSPS) is 15.6. The van der Waals surface area contributed by atoms with E-state index in [0.29, 0.717) is 6.29 Å². The largest absolute Gasteiger partial charge is 0.483 e. The van der Waals surface area contributed by atoms with E-state index in [9.17, 15) is 28.8 Å². The van der Waals surface area contributed by atoms with Gasteiger partial charge in [-0.2, -0.15) is 0 Å². The van der Waals surface area contributed by atoms with Crippen molar-refractivity contribution < 1.29 is 38.2 Å². The van der Waals surface area contributed by atoms with Crippen molar-refractivity contribution in [3.63, 3.8) is 0 Å². The summed E-state index contributed by atoms with van der Waals surface area (Å²) in [5, 5.41) is 9.65. The number of carbonyl (C=O) groups excluding carboxylic acids is 6. The number of aldehydes is 1. The molecule has 0 radical (unpaired) electrons. The summed E-state index contributed by atoms with van der Waals surface area (Å²) in [4.78, 5) is 70.9. The number of ether oxygens (including phenoxy) is 2. The van der Waals surface area contributed by atoms with Gasteiger partial charge in [0.2, 0.25) is 11.8 Å². The lowest BCUT2D eigenvalue weighted by Gasteiger charge is -2.22. The van der Waals surface area contributed by atoms with Gasteiger partial charge in [0.1, 0.15) is 17.4 Å². The van der Waals surface area contributed by atoms with Crippen LogP contribution in [0.25, 0.3) is 0 Å². The Morgan fingerprint density at radius 1 is 1.15 bits per heavy atom. The molecule has 2 rings (SSSR count). The molecule has 4 N–H and O–H groups in total.